The van der Waals surface area contributed by atoms with E-state index in [1.165, 1.54) is 18.3 Å². The zero-order valence-electron chi connectivity index (χ0n) is 15.0. The first-order valence-electron chi connectivity index (χ1n) is 8.46. The Kier molecular flexibility index (Phi) is 4.71. The maximum absolute atomic E-state index is 13.0. The average Bonchev–Trinajstić information content (AvgIpc) is 3.04. The number of halogens is 3. The molecule has 0 fully saturated rings. The van der Waals surface area contributed by atoms with Crippen LogP contribution in [0.5, 0.6) is 5.75 Å². The highest BCUT2D eigenvalue weighted by molar-refractivity contribution is 6.34. The summed E-state index contributed by atoms with van der Waals surface area (Å²) in [6, 6.07) is 7.46. The molecule has 6 nitrogen and oxygen atoms in total. The summed E-state index contributed by atoms with van der Waals surface area (Å²) < 4.78 is 35.9. The molecule has 0 saturated heterocycles. The molecule has 0 aliphatic heterocycles. The summed E-state index contributed by atoms with van der Waals surface area (Å²) in [4.78, 5) is 17.0. The number of hydrogen-bond acceptors (Lipinski definition) is 5. The number of nitrogens with zero attached hydrogens (tertiary/aromatic N) is 1. The lowest BCUT2D eigenvalue weighted by molar-refractivity contribution is -0.0493. The minimum atomic E-state index is -3.05. The zero-order chi connectivity index (χ0) is 20.7. The van der Waals surface area contributed by atoms with Crippen molar-refractivity contribution in [3.05, 3.63) is 58.9 Å². The largest absolute Gasteiger partial charge is 0.452 e. The van der Waals surface area contributed by atoms with Crippen LogP contribution in [0.15, 0.2) is 47.1 Å². The van der Waals surface area contributed by atoms with Crippen molar-refractivity contribution in [1.29, 1.82) is 0 Å². The number of nitrogen functional groups attached to an aromatic ring is 1. The molecule has 0 bridgehead atoms. The van der Waals surface area contributed by atoms with E-state index in [0.29, 0.717) is 33.3 Å². The molecule has 148 valence electrons. The minimum Gasteiger partial charge on any atom is -0.452 e. The summed E-state index contributed by atoms with van der Waals surface area (Å²) in [5, 5.41) is 3.83. The van der Waals surface area contributed by atoms with Gasteiger partial charge in [-0.2, -0.15) is 8.78 Å². The van der Waals surface area contributed by atoms with Gasteiger partial charge in [-0.25, -0.2) is 0 Å². The summed E-state index contributed by atoms with van der Waals surface area (Å²) in [5.74, 6) is -0.681. The summed E-state index contributed by atoms with van der Waals surface area (Å²) in [5.41, 5.74) is 7.96. The van der Waals surface area contributed by atoms with Gasteiger partial charge in [-0.3, -0.25) is 9.78 Å². The lowest BCUT2D eigenvalue weighted by atomic mass is 10.0. The van der Waals surface area contributed by atoms with E-state index < -0.39 is 12.5 Å². The van der Waals surface area contributed by atoms with Gasteiger partial charge >= 0.3 is 6.61 Å². The van der Waals surface area contributed by atoms with E-state index in [9.17, 15) is 13.6 Å². The highest BCUT2D eigenvalue weighted by Crippen LogP contribution is 2.39. The van der Waals surface area contributed by atoms with Crippen molar-refractivity contribution in [3.63, 3.8) is 0 Å². The molecule has 9 heteroatoms. The molecule has 0 atom stereocenters. The number of carbonyl (C=O) groups excluding carboxylic acids is 1. The van der Waals surface area contributed by atoms with E-state index in [0.717, 1.165) is 0 Å². The second kappa shape index (κ2) is 7.21. The number of anilines is 2. The SMILES string of the molecule is Cc1cncc(Cl)c1NC(=O)c1ccc(OC(F)F)c2oc3ccc(N)cc3c12. The van der Waals surface area contributed by atoms with Gasteiger partial charge < -0.3 is 20.2 Å². The predicted octanol–water partition coefficient (Wildman–Crippen LogP) is 5.38. The van der Waals surface area contributed by atoms with Gasteiger partial charge in [0.2, 0.25) is 0 Å². The first-order valence-corrected chi connectivity index (χ1v) is 8.84. The maximum atomic E-state index is 13.0. The van der Waals surface area contributed by atoms with Crippen LogP contribution in [0.4, 0.5) is 20.2 Å². The summed E-state index contributed by atoms with van der Waals surface area (Å²) in [7, 11) is 0. The molecule has 0 aliphatic carbocycles. The number of fused-ring (bicyclic) bond motifs is 3. The third kappa shape index (κ3) is 3.42. The summed E-state index contributed by atoms with van der Waals surface area (Å²) in [6.07, 6.45) is 2.97. The Balaban J connectivity index is 1.91. The van der Waals surface area contributed by atoms with Crippen LogP contribution in [-0.2, 0) is 0 Å². The van der Waals surface area contributed by atoms with Crippen molar-refractivity contribution in [2.45, 2.75) is 13.5 Å². The van der Waals surface area contributed by atoms with Crippen molar-refractivity contribution in [3.8, 4) is 5.75 Å². The zero-order valence-corrected chi connectivity index (χ0v) is 15.8. The van der Waals surface area contributed by atoms with Gasteiger partial charge in [0, 0.05) is 28.9 Å². The van der Waals surface area contributed by atoms with E-state index >= 15 is 0 Å². The first kappa shape index (κ1) is 18.9. The molecule has 2 heterocycles. The number of rotatable bonds is 4. The second-order valence-corrected chi connectivity index (χ2v) is 6.73. The van der Waals surface area contributed by atoms with Crippen molar-refractivity contribution in [2.24, 2.45) is 0 Å². The number of aryl methyl sites for hydroxylation is 1. The molecule has 0 spiro atoms. The normalized spacial score (nSPS) is 11.3. The molecule has 2 aromatic carbocycles. The van der Waals surface area contributed by atoms with Crippen LogP contribution in [-0.4, -0.2) is 17.5 Å². The molecule has 4 aromatic rings. The molecule has 3 N–H and O–H groups in total. The van der Waals surface area contributed by atoms with Crippen LogP contribution in [0.1, 0.15) is 15.9 Å². The Morgan fingerprint density at radius 1 is 1.28 bits per heavy atom. The molecule has 0 aliphatic rings. The van der Waals surface area contributed by atoms with Crippen LogP contribution in [0.25, 0.3) is 21.9 Å². The van der Waals surface area contributed by atoms with Gasteiger partial charge in [-0.15, -0.1) is 0 Å². The van der Waals surface area contributed by atoms with Gasteiger partial charge in [0.05, 0.1) is 16.3 Å². The van der Waals surface area contributed by atoms with Crippen LogP contribution < -0.4 is 15.8 Å². The lowest BCUT2D eigenvalue weighted by Gasteiger charge is -2.11. The number of pyridine rings is 1. The van der Waals surface area contributed by atoms with Crippen molar-refractivity contribution >= 4 is 50.8 Å². The minimum absolute atomic E-state index is 0.0242. The fraction of sp³-hybridized carbons (Fsp3) is 0.100. The first-order chi connectivity index (χ1) is 13.8. The Morgan fingerprint density at radius 3 is 2.79 bits per heavy atom. The number of aromatic nitrogens is 1. The molecule has 1 amide bonds. The van der Waals surface area contributed by atoms with Crippen LogP contribution in [0, 0.1) is 6.92 Å². The Bertz CT molecular complexity index is 1240. The number of furan rings is 1. The monoisotopic (exact) mass is 417 g/mol. The molecular formula is C20H14ClF2N3O3. The Morgan fingerprint density at radius 2 is 2.07 bits per heavy atom. The van der Waals surface area contributed by atoms with E-state index in [4.69, 9.17) is 21.8 Å². The number of benzene rings is 2. The third-order valence-electron chi connectivity index (χ3n) is 4.39. The Hall–Kier alpha value is -3.39. The van der Waals surface area contributed by atoms with Crippen molar-refractivity contribution in [1.82, 2.24) is 4.98 Å². The number of carbonyl (C=O) groups is 1. The molecule has 4 rings (SSSR count). The molecule has 29 heavy (non-hydrogen) atoms. The van der Waals surface area contributed by atoms with Gasteiger partial charge in [0.1, 0.15) is 5.58 Å². The number of nitrogens with one attached hydrogen (secondary N) is 1. The van der Waals surface area contributed by atoms with Crippen molar-refractivity contribution < 1.29 is 22.7 Å². The molecule has 0 radical (unpaired) electrons. The molecular weight excluding hydrogens is 404 g/mol. The van der Waals surface area contributed by atoms with Crippen LogP contribution >= 0.6 is 11.6 Å². The molecule has 0 unspecified atom stereocenters. The van der Waals surface area contributed by atoms with Crippen LogP contribution in [0.3, 0.4) is 0 Å². The van der Waals surface area contributed by atoms with E-state index in [1.54, 1.807) is 31.3 Å². The van der Waals surface area contributed by atoms with E-state index in [-0.39, 0.29) is 21.9 Å². The van der Waals surface area contributed by atoms with Gasteiger partial charge in [0.25, 0.3) is 5.91 Å². The summed E-state index contributed by atoms with van der Waals surface area (Å²) >= 11 is 6.14. The summed E-state index contributed by atoms with van der Waals surface area (Å²) in [6.45, 7) is -1.30. The smallest absolute Gasteiger partial charge is 0.387 e. The van der Waals surface area contributed by atoms with Gasteiger partial charge in [0.15, 0.2) is 11.3 Å². The van der Waals surface area contributed by atoms with Crippen molar-refractivity contribution in [2.75, 3.05) is 11.1 Å². The number of amides is 1. The van der Waals surface area contributed by atoms with E-state index in [2.05, 4.69) is 15.0 Å². The van der Waals surface area contributed by atoms with Gasteiger partial charge in [-0.1, -0.05) is 11.6 Å². The maximum Gasteiger partial charge on any atom is 0.387 e. The highest BCUT2D eigenvalue weighted by atomic mass is 35.5. The predicted molar refractivity (Wildman–Crippen MR) is 107 cm³/mol. The quantitative estimate of drug-likeness (QED) is 0.435. The number of ether oxygens (including phenoxy) is 1. The number of alkyl halides is 2. The van der Waals surface area contributed by atoms with Gasteiger partial charge in [-0.05, 0) is 42.8 Å². The fourth-order valence-corrected chi connectivity index (χ4v) is 3.38. The Labute approximate surface area is 168 Å². The number of nitrogens with two attached hydrogens (primary N) is 1. The van der Waals surface area contributed by atoms with Crippen LogP contribution in [0.2, 0.25) is 5.02 Å². The molecule has 0 saturated carbocycles. The molecule has 2 aromatic heterocycles. The third-order valence-corrected chi connectivity index (χ3v) is 4.68. The average molecular weight is 418 g/mol. The fourth-order valence-electron chi connectivity index (χ4n) is 3.12. The highest BCUT2D eigenvalue weighted by Gasteiger charge is 2.22. The standard InChI is InChI=1S/C20H14ClF2N3O3/c1-9-7-25-8-13(21)17(9)26-19(27)11-3-5-15(29-20(22)23)18-16(11)12-6-10(24)2-4-14(12)28-18/h2-8,20H,24H2,1H3,(H,25,26,27). The number of hydrogen-bond donors (Lipinski definition) is 2. The second-order valence-electron chi connectivity index (χ2n) is 6.32. The van der Waals surface area contributed by atoms with E-state index in [1.807, 2.05) is 0 Å². The topological polar surface area (TPSA) is 90.4 Å². The lowest BCUT2D eigenvalue weighted by Crippen LogP contribution is -2.14.